The van der Waals surface area contributed by atoms with Gasteiger partial charge in [0.2, 0.25) is 0 Å². The Morgan fingerprint density at radius 3 is 1.85 bits per heavy atom. The molecule has 0 fully saturated rings. The van der Waals surface area contributed by atoms with E-state index in [1.807, 2.05) is 0 Å². The van der Waals surface area contributed by atoms with Crippen molar-refractivity contribution in [3.05, 3.63) is 59.3 Å². The Morgan fingerprint density at radius 1 is 0.667 bits per heavy atom. The van der Waals surface area contributed by atoms with E-state index in [4.69, 9.17) is 0 Å². The molecule has 4 rings (SSSR count). The molecule has 3 aromatic rings. The van der Waals surface area contributed by atoms with Crippen LogP contribution in [0.1, 0.15) is 32.3 Å². The summed E-state index contributed by atoms with van der Waals surface area (Å²) in [5.41, 5.74) is -1.17. The summed E-state index contributed by atoms with van der Waals surface area (Å²) in [6.07, 6.45) is 0. The zero-order valence-electron chi connectivity index (χ0n) is 15.9. The van der Waals surface area contributed by atoms with Gasteiger partial charge in [-0.25, -0.2) is 0 Å². The highest BCUT2D eigenvalue weighted by atomic mass is 32.2. The van der Waals surface area contributed by atoms with Crippen molar-refractivity contribution >= 4 is 52.8 Å². The molecule has 0 radical (unpaired) electrons. The lowest BCUT2D eigenvalue weighted by atomic mass is 9.98. The van der Waals surface area contributed by atoms with Crippen molar-refractivity contribution in [2.24, 2.45) is 0 Å². The Balaban J connectivity index is 1.92. The lowest BCUT2D eigenvalue weighted by Crippen LogP contribution is -2.15. The second kappa shape index (κ2) is 7.21. The van der Waals surface area contributed by atoms with Gasteiger partial charge in [0, 0.05) is 16.5 Å². The number of pyridine rings is 1. The molecule has 0 spiro atoms. The number of hydrogen-bond acceptors (Lipinski definition) is 9. The molecule has 33 heavy (non-hydrogen) atoms. The number of nitrogens with zero attached hydrogens (tertiary/aromatic N) is 1. The van der Waals surface area contributed by atoms with Gasteiger partial charge in [-0.3, -0.25) is 28.2 Å². The molecule has 15 heteroatoms. The van der Waals surface area contributed by atoms with Crippen LogP contribution in [0.5, 0.6) is 0 Å². The fourth-order valence-electron chi connectivity index (χ4n) is 3.50. The first-order chi connectivity index (χ1) is 15.1. The topological polar surface area (TPSA) is 210 Å². The number of carbonyl (C=O) groups is 2. The quantitative estimate of drug-likeness (QED) is 0.331. The van der Waals surface area contributed by atoms with Crippen LogP contribution >= 0.6 is 0 Å². The minimum absolute atomic E-state index is 0.143. The molecule has 1 aliphatic rings. The molecule has 12 nitrogen and oxygen atoms in total. The van der Waals surface area contributed by atoms with Crippen molar-refractivity contribution in [2.75, 3.05) is 0 Å². The number of hydrogen-bond donors (Lipinski definition) is 3. The van der Waals surface area contributed by atoms with Crippen molar-refractivity contribution in [3.8, 4) is 0 Å². The van der Waals surface area contributed by atoms with E-state index in [2.05, 4.69) is 4.98 Å². The van der Waals surface area contributed by atoms with Gasteiger partial charge in [-0.1, -0.05) is 6.07 Å². The Morgan fingerprint density at radius 2 is 1.27 bits per heavy atom. The summed E-state index contributed by atoms with van der Waals surface area (Å²) in [7, 11) is -14.6. The second-order valence-corrected chi connectivity index (χ2v) is 11.3. The van der Waals surface area contributed by atoms with E-state index in [9.17, 15) is 48.5 Å². The van der Waals surface area contributed by atoms with Crippen molar-refractivity contribution in [1.82, 2.24) is 4.98 Å². The zero-order chi connectivity index (χ0) is 24.5. The van der Waals surface area contributed by atoms with Gasteiger partial charge in [-0.05, 0) is 36.4 Å². The number of benzene rings is 2. The van der Waals surface area contributed by atoms with Crippen LogP contribution in [0.25, 0.3) is 10.9 Å². The molecule has 0 saturated carbocycles. The van der Waals surface area contributed by atoms with Crippen LogP contribution in [0.2, 0.25) is 0 Å². The van der Waals surface area contributed by atoms with Gasteiger partial charge in [0.05, 0.1) is 21.0 Å². The van der Waals surface area contributed by atoms with Crippen LogP contribution in [0.15, 0.2) is 57.2 Å². The van der Waals surface area contributed by atoms with Crippen molar-refractivity contribution in [2.45, 2.75) is 20.6 Å². The number of aromatic nitrogens is 1. The highest BCUT2D eigenvalue weighted by Crippen LogP contribution is 2.36. The van der Waals surface area contributed by atoms with Crippen LogP contribution < -0.4 is 0 Å². The average molecular weight is 513 g/mol. The highest BCUT2D eigenvalue weighted by Gasteiger charge is 2.41. The normalized spacial score (nSPS) is 16.9. The third kappa shape index (κ3) is 3.94. The van der Waals surface area contributed by atoms with Gasteiger partial charge in [-0.15, -0.1) is 0 Å². The van der Waals surface area contributed by atoms with Gasteiger partial charge < -0.3 is 0 Å². The first-order valence-electron chi connectivity index (χ1n) is 8.69. The predicted octanol–water partition coefficient (Wildman–Crippen LogP) is 1.14. The van der Waals surface area contributed by atoms with Gasteiger partial charge >= 0.3 is 0 Å². The Labute approximate surface area is 186 Å². The molecule has 3 N–H and O–H groups in total. The molecular formula is C18H11NO11S3. The summed E-state index contributed by atoms with van der Waals surface area (Å²) in [6, 6.07) is 6.42. The highest BCUT2D eigenvalue weighted by molar-refractivity contribution is 7.87. The smallest absolute Gasteiger partial charge is 0.293 e. The molecule has 0 amide bonds. The largest absolute Gasteiger partial charge is 0.296 e. The first-order valence-corrected chi connectivity index (χ1v) is 13.0. The minimum atomic E-state index is -5.06. The zero-order valence-corrected chi connectivity index (χ0v) is 18.3. The van der Waals surface area contributed by atoms with E-state index in [0.29, 0.717) is 6.07 Å². The fourth-order valence-corrected chi connectivity index (χ4v) is 5.31. The number of carbonyl (C=O) groups excluding carboxylic acids is 2. The van der Waals surface area contributed by atoms with Gasteiger partial charge in [0.1, 0.15) is 10.8 Å². The van der Waals surface area contributed by atoms with Crippen LogP contribution in [0.4, 0.5) is 0 Å². The van der Waals surface area contributed by atoms with Crippen molar-refractivity contribution in [3.63, 3.8) is 0 Å². The number of fused-ring (bicyclic) bond motifs is 2. The van der Waals surface area contributed by atoms with Gasteiger partial charge in [-0.2, -0.15) is 25.3 Å². The lowest BCUT2D eigenvalue weighted by Gasteiger charge is -2.11. The molecule has 172 valence electrons. The van der Waals surface area contributed by atoms with Crippen LogP contribution in [0.3, 0.4) is 0 Å². The summed E-state index contributed by atoms with van der Waals surface area (Å²) in [5, 5.41) is -0.148. The van der Waals surface area contributed by atoms with Gasteiger partial charge in [0.15, 0.2) is 11.6 Å². The molecule has 0 saturated heterocycles. The summed E-state index contributed by atoms with van der Waals surface area (Å²) in [5.74, 6) is -3.22. The third-order valence-electron chi connectivity index (χ3n) is 4.97. The number of rotatable bonds is 4. The standard InChI is InChI=1S/C18H11NO11S3/c20-17-11-3-2-9(31(22,23)24)6-12(11)18(21)15(17)13-4-1-8-5-10(32(25,26)27)7-14(16(8)19-13)33(28,29)30/h1-7,15H,(H,22,23,24)(H,25,26,27)(H,28,29,30). The second-order valence-electron chi connectivity index (χ2n) is 7.02. The Hall–Kier alpha value is -3.08. The summed E-state index contributed by atoms with van der Waals surface area (Å²) < 4.78 is 97.2. The van der Waals surface area contributed by atoms with Crippen LogP contribution in [-0.2, 0) is 30.4 Å². The van der Waals surface area contributed by atoms with Crippen molar-refractivity contribution < 1.29 is 48.5 Å². The molecule has 0 aliphatic heterocycles. The molecule has 2 aromatic carbocycles. The maximum absolute atomic E-state index is 12.9. The van der Waals surface area contributed by atoms with E-state index in [0.717, 1.165) is 36.4 Å². The number of Topliss-reactive ketones (excluding diaryl/α,β-unsaturated/α-hetero) is 2. The monoisotopic (exact) mass is 513 g/mol. The predicted molar refractivity (Wildman–Crippen MR) is 109 cm³/mol. The van der Waals surface area contributed by atoms with E-state index in [1.165, 1.54) is 0 Å². The molecule has 1 aliphatic carbocycles. The molecule has 1 heterocycles. The summed E-state index contributed by atoms with van der Waals surface area (Å²) >= 11 is 0. The van der Waals surface area contributed by atoms with Crippen LogP contribution in [0, 0.1) is 0 Å². The fraction of sp³-hybridized carbons (Fsp3) is 0.0556. The van der Waals surface area contributed by atoms with Crippen molar-refractivity contribution in [1.29, 1.82) is 0 Å². The van der Waals surface area contributed by atoms with E-state index in [-0.39, 0.29) is 22.2 Å². The maximum atomic E-state index is 12.9. The number of ketones is 2. The average Bonchev–Trinajstić information content (AvgIpc) is 2.94. The molecule has 0 bridgehead atoms. The van der Waals surface area contributed by atoms with Gasteiger partial charge in [0.25, 0.3) is 30.4 Å². The SMILES string of the molecule is O=C1c2ccc(S(=O)(=O)O)cc2C(=O)C1c1ccc2cc(S(=O)(=O)O)cc(S(=O)(=O)O)c2n1. The van der Waals surface area contributed by atoms with E-state index in [1.54, 1.807) is 0 Å². The summed E-state index contributed by atoms with van der Waals surface area (Å²) in [4.78, 5) is 27.2. The molecule has 1 unspecified atom stereocenters. The third-order valence-corrected chi connectivity index (χ3v) is 7.52. The Kier molecular flexibility index (Phi) is 5.04. The van der Waals surface area contributed by atoms with Crippen LogP contribution in [-0.4, -0.2) is 55.5 Å². The molecular weight excluding hydrogens is 502 g/mol. The first kappa shape index (κ1) is 23.1. The Bertz CT molecular complexity index is 1720. The van der Waals surface area contributed by atoms with E-state index >= 15 is 0 Å². The molecule has 1 atom stereocenters. The molecule has 1 aromatic heterocycles. The minimum Gasteiger partial charge on any atom is -0.293 e. The lowest BCUT2D eigenvalue weighted by molar-refractivity contribution is 0.0888. The van der Waals surface area contributed by atoms with E-state index < -0.39 is 68.0 Å². The maximum Gasteiger partial charge on any atom is 0.296 e. The summed E-state index contributed by atoms with van der Waals surface area (Å²) in [6.45, 7) is 0.